The van der Waals surface area contributed by atoms with Gasteiger partial charge in [-0.25, -0.2) is 0 Å². The van der Waals surface area contributed by atoms with Gasteiger partial charge < -0.3 is 20.1 Å². The van der Waals surface area contributed by atoms with E-state index >= 15 is 0 Å². The molecule has 6 heteroatoms. The Morgan fingerprint density at radius 3 is 2.59 bits per heavy atom. The first-order chi connectivity index (χ1) is 13.3. The van der Waals surface area contributed by atoms with Gasteiger partial charge in [-0.3, -0.25) is 9.89 Å². The van der Waals surface area contributed by atoms with Crippen molar-refractivity contribution in [2.75, 3.05) is 52.5 Å². The maximum atomic E-state index is 5.76. The number of benzene rings is 1. The van der Waals surface area contributed by atoms with Crippen LogP contribution in [0.25, 0.3) is 0 Å². The third kappa shape index (κ3) is 5.84. The Kier molecular flexibility index (Phi) is 7.78. The fourth-order valence-corrected chi connectivity index (χ4v) is 3.94. The van der Waals surface area contributed by atoms with E-state index in [1.165, 1.54) is 25.9 Å². The lowest BCUT2D eigenvalue weighted by Crippen LogP contribution is -2.54. The summed E-state index contributed by atoms with van der Waals surface area (Å²) in [6.45, 7) is 9.20. The Morgan fingerprint density at radius 2 is 1.89 bits per heavy atom. The molecule has 2 heterocycles. The summed E-state index contributed by atoms with van der Waals surface area (Å²) in [7, 11) is 0. The van der Waals surface area contributed by atoms with Crippen molar-refractivity contribution in [3.63, 3.8) is 0 Å². The zero-order valence-corrected chi connectivity index (χ0v) is 16.6. The fourth-order valence-electron chi connectivity index (χ4n) is 3.94. The van der Waals surface area contributed by atoms with Crippen LogP contribution in [-0.4, -0.2) is 68.9 Å². The predicted molar refractivity (Wildman–Crippen MR) is 110 cm³/mol. The van der Waals surface area contributed by atoms with Gasteiger partial charge in [0.15, 0.2) is 5.96 Å². The minimum absolute atomic E-state index is 0.164. The zero-order valence-electron chi connectivity index (χ0n) is 16.6. The summed E-state index contributed by atoms with van der Waals surface area (Å²) in [5.74, 6) is 1.77. The molecule has 27 heavy (non-hydrogen) atoms. The number of aliphatic imine (C=N–C) groups is 1. The van der Waals surface area contributed by atoms with Crippen molar-refractivity contribution in [3.8, 4) is 5.75 Å². The van der Waals surface area contributed by atoms with Gasteiger partial charge in [0.1, 0.15) is 12.4 Å². The van der Waals surface area contributed by atoms with Gasteiger partial charge >= 0.3 is 0 Å². The summed E-state index contributed by atoms with van der Waals surface area (Å²) in [5.41, 5.74) is 0.164. The van der Waals surface area contributed by atoms with Gasteiger partial charge in [-0.1, -0.05) is 18.2 Å². The van der Waals surface area contributed by atoms with Gasteiger partial charge in [-0.2, -0.15) is 0 Å². The molecule has 1 aromatic rings. The Labute approximate surface area is 163 Å². The normalized spacial score (nSPS) is 20.4. The van der Waals surface area contributed by atoms with Crippen molar-refractivity contribution in [1.29, 1.82) is 0 Å². The predicted octanol–water partition coefficient (Wildman–Crippen LogP) is 2.27. The number of likely N-dealkylation sites (tertiary alicyclic amines) is 1. The lowest BCUT2D eigenvalue weighted by atomic mass is 9.88. The minimum Gasteiger partial charge on any atom is -0.492 e. The molecule has 0 radical (unpaired) electrons. The van der Waals surface area contributed by atoms with Crippen molar-refractivity contribution in [3.05, 3.63) is 30.3 Å². The number of nitrogens with zero attached hydrogens (tertiary/aromatic N) is 2. The lowest BCUT2D eigenvalue weighted by molar-refractivity contribution is -0.0139. The summed E-state index contributed by atoms with van der Waals surface area (Å²) in [6, 6.07) is 9.92. The molecular weight excluding hydrogens is 340 g/mol. The zero-order chi connectivity index (χ0) is 18.8. The molecule has 1 aromatic carbocycles. The molecule has 0 unspecified atom stereocenters. The highest BCUT2D eigenvalue weighted by atomic mass is 16.5. The second kappa shape index (κ2) is 10.5. The highest BCUT2D eigenvalue weighted by molar-refractivity contribution is 5.79. The molecule has 0 aromatic heterocycles. The number of rotatable bonds is 8. The Balaban J connectivity index is 1.53. The van der Waals surface area contributed by atoms with Gasteiger partial charge in [0.05, 0.1) is 13.1 Å². The van der Waals surface area contributed by atoms with Crippen molar-refractivity contribution in [2.45, 2.75) is 38.1 Å². The third-order valence-electron chi connectivity index (χ3n) is 5.48. The second-order valence-electron chi connectivity index (χ2n) is 7.31. The molecule has 2 fully saturated rings. The van der Waals surface area contributed by atoms with Gasteiger partial charge in [0, 0.05) is 25.3 Å². The van der Waals surface area contributed by atoms with E-state index in [0.717, 1.165) is 57.4 Å². The average molecular weight is 375 g/mol. The quantitative estimate of drug-likeness (QED) is 0.415. The van der Waals surface area contributed by atoms with Crippen LogP contribution in [-0.2, 0) is 4.74 Å². The molecule has 0 bridgehead atoms. The van der Waals surface area contributed by atoms with E-state index in [-0.39, 0.29) is 5.54 Å². The van der Waals surface area contributed by atoms with Gasteiger partial charge in [-0.15, -0.1) is 0 Å². The van der Waals surface area contributed by atoms with Crippen LogP contribution < -0.4 is 15.4 Å². The molecule has 150 valence electrons. The first-order valence-corrected chi connectivity index (χ1v) is 10.4. The number of para-hydroxylation sites is 1. The largest absolute Gasteiger partial charge is 0.492 e. The number of hydrogen-bond donors (Lipinski definition) is 2. The average Bonchev–Trinajstić information content (AvgIpc) is 3.26. The molecule has 6 nitrogen and oxygen atoms in total. The van der Waals surface area contributed by atoms with Crippen LogP contribution in [0.15, 0.2) is 35.3 Å². The summed E-state index contributed by atoms with van der Waals surface area (Å²) < 4.78 is 11.4. The van der Waals surface area contributed by atoms with Crippen molar-refractivity contribution in [2.24, 2.45) is 4.99 Å². The maximum absolute atomic E-state index is 5.76. The summed E-state index contributed by atoms with van der Waals surface area (Å²) >= 11 is 0. The number of nitrogens with one attached hydrogen (secondary N) is 2. The van der Waals surface area contributed by atoms with E-state index in [1.54, 1.807) is 0 Å². The molecule has 3 rings (SSSR count). The number of hydrogen-bond acceptors (Lipinski definition) is 4. The summed E-state index contributed by atoms with van der Waals surface area (Å²) in [5, 5.41) is 6.76. The second-order valence-corrected chi connectivity index (χ2v) is 7.31. The van der Waals surface area contributed by atoms with Gasteiger partial charge in [-0.05, 0) is 57.8 Å². The topological polar surface area (TPSA) is 58.1 Å². The summed E-state index contributed by atoms with van der Waals surface area (Å²) in [6.07, 6.45) is 4.77. The van der Waals surface area contributed by atoms with E-state index in [9.17, 15) is 0 Å². The molecule has 0 atom stereocenters. The Morgan fingerprint density at radius 1 is 1.15 bits per heavy atom. The van der Waals surface area contributed by atoms with Crippen LogP contribution in [0.3, 0.4) is 0 Å². The monoisotopic (exact) mass is 374 g/mol. The molecule has 0 aliphatic carbocycles. The van der Waals surface area contributed by atoms with Crippen LogP contribution >= 0.6 is 0 Å². The molecule has 0 saturated carbocycles. The van der Waals surface area contributed by atoms with Crippen LogP contribution in [0.4, 0.5) is 0 Å². The fraction of sp³-hybridized carbons (Fsp3) is 0.667. The molecule has 2 saturated heterocycles. The standard InChI is InChI=1S/C21H34N4O2/c1-2-22-20(23-12-17-27-19-8-4-3-5-9-19)24-18-21(10-15-26-16-11-21)25-13-6-7-14-25/h3-5,8-9H,2,6-7,10-18H2,1H3,(H2,22,23,24). The Hall–Kier alpha value is -1.79. The lowest BCUT2D eigenvalue weighted by Gasteiger charge is -2.43. The maximum Gasteiger partial charge on any atom is 0.191 e. The van der Waals surface area contributed by atoms with Gasteiger partial charge in [0.2, 0.25) is 0 Å². The van der Waals surface area contributed by atoms with Crippen LogP contribution in [0, 0.1) is 0 Å². The van der Waals surface area contributed by atoms with E-state index in [2.05, 4.69) is 22.5 Å². The highest BCUT2D eigenvalue weighted by Crippen LogP contribution is 2.31. The SMILES string of the molecule is CCNC(=NCC1(N2CCCC2)CCOCC1)NCCOc1ccccc1. The van der Waals surface area contributed by atoms with Crippen molar-refractivity contribution >= 4 is 5.96 Å². The third-order valence-corrected chi connectivity index (χ3v) is 5.48. The van der Waals surface area contributed by atoms with Gasteiger partial charge in [0.25, 0.3) is 0 Å². The van der Waals surface area contributed by atoms with Crippen LogP contribution in [0.5, 0.6) is 5.75 Å². The first-order valence-electron chi connectivity index (χ1n) is 10.4. The molecular formula is C21H34N4O2. The number of ether oxygens (including phenoxy) is 2. The molecule has 2 aliphatic heterocycles. The highest BCUT2D eigenvalue weighted by Gasteiger charge is 2.39. The Bertz CT molecular complexity index is 567. The van der Waals surface area contributed by atoms with Crippen LogP contribution in [0.2, 0.25) is 0 Å². The molecule has 2 N–H and O–H groups in total. The minimum atomic E-state index is 0.164. The smallest absolute Gasteiger partial charge is 0.191 e. The van der Waals surface area contributed by atoms with Crippen molar-refractivity contribution in [1.82, 2.24) is 15.5 Å². The molecule has 0 spiro atoms. The van der Waals surface area contributed by atoms with E-state index in [1.807, 2.05) is 30.3 Å². The first kappa shape index (κ1) is 20.0. The number of guanidine groups is 1. The van der Waals surface area contributed by atoms with E-state index < -0.39 is 0 Å². The van der Waals surface area contributed by atoms with E-state index in [0.29, 0.717) is 6.61 Å². The molecule has 0 amide bonds. The van der Waals surface area contributed by atoms with Crippen LogP contribution in [0.1, 0.15) is 32.6 Å². The summed E-state index contributed by atoms with van der Waals surface area (Å²) in [4.78, 5) is 7.59. The van der Waals surface area contributed by atoms with E-state index in [4.69, 9.17) is 14.5 Å². The van der Waals surface area contributed by atoms with Crippen molar-refractivity contribution < 1.29 is 9.47 Å². The molecule has 2 aliphatic rings.